The lowest BCUT2D eigenvalue weighted by atomic mass is 10.2. The highest BCUT2D eigenvalue weighted by molar-refractivity contribution is 5.94. The minimum absolute atomic E-state index is 0.000358. The fraction of sp³-hybridized carbons (Fsp3) is 0.167. The molecule has 0 saturated carbocycles. The number of urea groups is 1. The van der Waals surface area contributed by atoms with Crippen LogP contribution < -0.4 is 16.4 Å². The first-order valence-corrected chi connectivity index (χ1v) is 5.61. The van der Waals surface area contributed by atoms with Crippen molar-refractivity contribution in [1.29, 1.82) is 5.26 Å². The van der Waals surface area contributed by atoms with Gasteiger partial charge in [0.05, 0.1) is 17.7 Å². The number of nitrogens with zero attached hydrogens (tertiary/aromatic N) is 1. The van der Waals surface area contributed by atoms with Gasteiger partial charge in [0, 0.05) is 0 Å². The summed E-state index contributed by atoms with van der Waals surface area (Å²) in [6, 6.07) is 2.29. The maximum absolute atomic E-state index is 12.9. The zero-order chi connectivity index (χ0) is 16.0. The van der Waals surface area contributed by atoms with Gasteiger partial charge in [0.1, 0.15) is 17.9 Å². The minimum Gasteiger partial charge on any atom is -0.480 e. The molecule has 0 aliphatic heterocycles. The lowest BCUT2D eigenvalue weighted by Crippen LogP contribution is -2.45. The number of carboxylic acid groups (broad SMARTS) is 1. The van der Waals surface area contributed by atoms with Crippen molar-refractivity contribution in [1.82, 2.24) is 5.32 Å². The number of halogens is 1. The highest BCUT2D eigenvalue weighted by atomic mass is 19.1. The molecule has 1 atom stereocenters. The third-order valence-corrected chi connectivity index (χ3v) is 2.36. The molecule has 0 aliphatic carbocycles. The van der Waals surface area contributed by atoms with E-state index in [0.717, 1.165) is 18.2 Å². The number of carbonyl (C=O) groups excluding carboxylic acids is 2. The van der Waals surface area contributed by atoms with Gasteiger partial charge in [-0.3, -0.25) is 4.79 Å². The van der Waals surface area contributed by atoms with Crippen LogP contribution in [0.15, 0.2) is 18.2 Å². The molecule has 0 spiro atoms. The first-order chi connectivity index (χ1) is 9.83. The number of rotatable bonds is 5. The van der Waals surface area contributed by atoms with E-state index in [-0.39, 0.29) is 11.3 Å². The molecule has 1 aromatic rings. The Kier molecular flexibility index (Phi) is 5.19. The van der Waals surface area contributed by atoms with Crippen LogP contribution in [0.3, 0.4) is 0 Å². The van der Waals surface area contributed by atoms with Crippen molar-refractivity contribution in [3.05, 3.63) is 29.6 Å². The fourth-order valence-electron chi connectivity index (χ4n) is 1.44. The van der Waals surface area contributed by atoms with Crippen LogP contribution in [0.25, 0.3) is 0 Å². The van der Waals surface area contributed by atoms with Crippen LogP contribution in [-0.2, 0) is 9.59 Å². The minimum atomic E-state index is -1.51. The lowest BCUT2D eigenvalue weighted by Gasteiger charge is -2.14. The van der Waals surface area contributed by atoms with Crippen molar-refractivity contribution >= 4 is 23.6 Å². The molecule has 9 heteroatoms. The van der Waals surface area contributed by atoms with Crippen molar-refractivity contribution in [2.75, 3.05) is 5.32 Å². The second kappa shape index (κ2) is 6.85. The molecule has 0 saturated heterocycles. The highest BCUT2D eigenvalue weighted by Gasteiger charge is 2.22. The van der Waals surface area contributed by atoms with E-state index >= 15 is 0 Å². The Morgan fingerprint density at radius 3 is 2.62 bits per heavy atom. The zero-order valence-electron chi connectivity index (χ0n) is 10.6. The molecule has 0 bridgehead atoms. The van der Waals surface area contributed by atoms with E-state index < -0.39 is 36.2 Å². The number of aliphatic carboxylic acids is 1. The predicted octanol–water partition coefficient (Wildman–Crippen LogP) is 0.147. The summed E-state index contributed by atoms with van der Waals surface area (Å²) >= 11 is 0. The Balaban J connectivity index is 2.79. The van der Waals surface area contributed by atoms with Gasteiger partial charge in [-0.15, -0.1) is 0 Å². The van der Waals surface area contributed by atoms with Gasteiger partial charge in [0.2, 0.25) is 5.91 Å². The van der Waals surface area contributed by atoms with Gasteiger partial charge >= 0.3 is 12.0 Å². The van der Waals surface area contributed by atoms with Crippen LogP contribution in [0, 0.1) is 17.1 Å². The van der Waals surface area contributed by atoms with Crippen molar-refractivity contribution in [3.63, 3.8) is 0 Å². The molecule has 8 nitrogen and oxygen atoms in total. The summed E-state index contributed by atoms with van der Waals surface area (Å²) in [5.74, 6) is -3.00. The number of carboxylic acids is 1. The van der Waals surface area contributed by atoms with Gasteiger partial charge in [0.25, 0.3) is 0 Å². The lowest BCUT2D eigenvalue weighted by molar-refractivity contribution is -0.140. The van der Waals surface area contributed by atoms with Crippen LogP contribution in [-0.4, -0.2) is 29.1 Å². The third-order valence-electron chi connectivity index (χ3n) is 2.36. The molecule has 0 heterocycles. The number of primary amides is 1. The molecular weight excluding hydrogens is 283 g/mol. The normalized spacial score (nSPS) is 11.0. The number of amides is 3. The number of benzene rings is 1. The van der Waals surface area contributed by atoms with Crippen molar-refractivity contribution in [2.45, 2.75) is 12.5 Å². The average molecular weight is 294 g/mol. The second-order valence-corrected chi connectivity index (χ2v) is 3.96. The van der Waals surface area contributed by atoms with E-state index in [2.05, 4.69) is 5.32 Å². The zero-order valence-corrected chi connectivity index (χ0v) is 10.6. The summed E-state index contributed by atoms with van der Waals surface area (Å²) in [6.45, 7) is 0. The van der Waals surface area contributed by atoms with E-state index in [9.17, 15) is 18.8 Å². The van der Waals surface area contributed by atoms with E-state index in [4.69, 9.17) is 16.1 Å². The number of carbonyl (C=O) groups is 3. The molecule has 5 N–H and O–H groups in total. The molecule has 0 fully saturated rings. The quantitative estimate of drug-likeness (QED) is 0.610. The summed E-state index contributed by atoms with van der Waals surface area (Å²) in [7, 11) is 0. The first kappa shape index (κ1) is 15.9. The summed E-state index contributed by atoms with van der Waals surface area (Å²) in [4.78, 5) is 33.2. The Morgan fingerprint density at radius 2 is 2.10 bits per heavy atom. The Hall–Kier alpha value is -3.15. The van der Waals surface area contributed by atoms with Crippen LogP contribution in [0.4, 0.5) is 14.9 Å². The maximum atomic E-state index is 12.9. The Labute approximate surface area is 118 Å². The Bertz CT molecular complexity index is 626. The van der Waals surface area contributed by atoms with Crippen LogP contribution in [0.5, 0.6) is 0 Å². The van der Waals surface area contributed by atoms with E-state index in [1.165, 1.54) is 0 Å². The predicted molar refractivity (Wildman–Crippen MR) is 68.5 cm³/mol. The van der Waals surface area contributed by atoms with Gasteiger partial charge in [-0.1, -0.05) is 0 Å². The monoisotopic (exact) mass is 294 g/mol. The van der Waals surface area contributed by atoms with Crippen molar-refractivity contribution < 1.29 is 23.9 Å². The number of hydrogen-bond acceptors (Lipinski definition) is 4. The molecule has 0 aliphatic rings. The summed E-state index contributed by atoms with van der Waals surface area (Å²) in [5.41, 5.74) is 4.73. The molecule has 1 rings (SSSR count). The number of anilines is 1. The van der Waals surface area contributed by atoms with Crippen molar-refractivity contribution in [2.24, 2.45) is 5.73 Å². The van der Waals surface area contributed by atoms with E-state index in [1.807, 2.05) is 5.32 Å². The average Bonchev–Trinajstić information content (AvgIpc) is 2.39. The summed E-state index contributed by atoms with van der Waals surface area (Å²) < 4.78 is 12.9. The number of nitrogens with two attached hydrogens (primary N) is 1. The molecule has 0 unspecified atom stereocenters. The van der Waals surface area contributed by atoms with Gasteiger partial charge < -0.3 is 21.5 Å². The molecule has 21 heavy (non-hydrogen) atoms. The number of nitriles is 1. The van der Waals surface area contributed by atoms with Crippen LogP contribution in [0.2, 0.25) is 0 Å². The standard InChI is InChI=1S/C12H11FN4O4/c13-7-1-2-8(6(3-7)5-14)16-12(21)17-9(11(19)20)4-10(15)18/h1-3,9H,4H2,(H2,15,18)(H,19,20)(H2,16,17,21)/t9-/m1/s1. The van der Waals surface area contributed by atoms with Crippen molar-refractivity contribution in [3.8, 4) is 6.07 Å². The number of nitrogens with one attached hydrogen (secondary N) is 2. The summed E-state index contributed by atoms with van der Waals surface area (Å²) in [6.07, 6.45) is -0.586. The first-order valence-electron chi connectivity index (χ1n) is 5.61. The molecule has 0 aromatic heterocycles. The third kappa shape index (κ3) is 4.79. The molecular formula is C12H11FN4O4. The molecule has 3 amide bonds. The highest BCUT2D eigenvalue weighted by Crippen LogP contribution is 2.15. The van der Waals surface area contributed by atoms with Gasteiger partial charge in [-0.2, -0.15) is 5.26 Å². The van der Waals surface area contributed by atoms with Crippen LogP contribution in [0.1, 0.15) is 12.0 Å². The molecule has 0 radical (unpaired) electrons. The van der Waals surface area contributed by atoms with E-state index in [1.54, 1.807) is 6.07 Å². The SMILES string of the molecule is N#Cc1cc(F)ccc1NC(=O)N[C@H](CC(N)=O)C(=O)O. The van der Waals surface area contributed by atoms with E-state index in [0.29, 0.717) is 0 Å². The smallest absolute Gasteiger partial charge is 0.326 e. The van der Waals surface area contributed by atoms with Crippen LogP contribution >= 0.6 is 0 Å². The Morgan fingerprint density at radius 1 is 1.43 bits per heavy atom. The number of hydrogen-bond donors (Lipinski definition) is 4. The topological polar surface area (TPSA) is 145 Å². The molecule has 1 aromatic carbocycles. The van der Waals surface area contributed by atoms with Gasteiger partial charge in [-0.25, -0.2) is 14.0 Å². The van der Waals surface area contributed by atoms with Gasteiger partial charge in [0.15, 0.2) is 0 Å². The molecule has 110 valence electrons. The second-order valence-electron chi connectivity index (χ2n) is 3.96. The van der Waals surface area contributed by atoms with Gasteiger partial charge in [-0.05, 0) is 18.2 Å². The largest absolute Gasteiger partial charge is 0.480 e. The fourth-order valence-corrected chi connectivity index (χ4v) is 1.44. The summed E-state index contributed by atoms with van der Waals surface area (Å²) in [5, 5.41) is 21.8. The maximum Gasteiger partial charge on any atom is 0.326 e.